The van der Waals surface area contributed by atoms with E-state index in [2.05, 4.69) is 329 Å². The van der Waals surface area contributed by atoms with Crippen LogP contribution in [0.2, 0.25) is 0 Å². The number of benzene rings is 15. The minimum atomic E-state index is 0.927. The van der Waals surface area contributed by atoms with Gasteiger partial charge in [0, 0.05) is 95.8 Å². The van der Waals surface area contributed by atoms with Gasteiger partial charge in [0.05, 0.1) is 47.2 Å². The zero-order chi connectivity index (χ0) is 68.8. The third-order valence-corrected chi connectivity index (χ3v) is 24.6. The molecule has 0 bridgehead atoms. The third kappa shape index (κ3) is 9.26. The molecule has 0 fully saturated rings. The van der Waals surface area contributed by atoms with Gasteiger partial charge in [-0.25, -0.2) is 0 Å². The zero-order valence-electron chi connectivity index (χ0n) is 56.2. The van der Waals surface area contributed by atoms with E-state index in [-0.39, 0.29) is 0 Å². The van der Waals surface area contributed by atoms with E-state index in [1.165, 1.54) is 149 Å². The summed E-state index contributed by atoms with van der Waals surface area (Å²) >= 11 is 5.64. The molecule has 0 aliphatic heterocycles. The van der Waals surface area contributed by atoms with Crippen molar-refractivity contribution in [2.75, 3.05) is 0 Å². The molecule has 0 N–H and O–H groups in total. The summed E-state index contributed by atoms with van der Waals surface area (Å²) in [5, 5.41) is 14.8. The van der Waals surface area contributed by atoms with E-state index in [1.807, 2.05) is 64.3 Å². The Balaban J connectivity index is 0.0000000986. The van der Waals surface area contributed by atoms with Gasteiger partial charge in [-0.3, -0.25) is 0 Å². The largest absolute Gasteiger partial charge is 0.456 e. The number of rotatable bonds is 6. The fourth-order valence-electron chi connectivity index (χ4n) is 16.6. The summed E-state index contributed by atoms with van der Waals surface area (Å²) in [7, 11) is 0. The fraction of sp³-hybridized carbons (Fsp3) is 0. The quantitative estimate of drug-likeness (QED) is 0.167. The summed E-state index contributed by atoms with van der Waals surface area (Å²) in [6.07, 6.45) is 0. The van der Waals surface area contributed by atoms with Crippen LogP contribution in [0.4, 0.5) is 0 Å². The number of aromatic nitrogens is 3. The maximum atomic E-state index is 6.23. The molecule has 15 aromatic carbocycles. The van der Waals surface area contributed by atoms with Gasteiger partial charge >= 0.3 is 0 Å². The summed E-state index contributed by atoms with van der Waals surface area (Å²) in [5.41, 5.74) is 24.0. The second kappa shape index (κ2) is 23.8. The zero-order valence-corrected chi connectivity index (χ0v) is 58.6. The number of hydrogen-bond donors (Lipinski definition) is 0. The highest BCUT2D eigenvalue weighted by Crippen LogP contribution is 2.51. The van der Waals surface area contributed by atoms with Crippen molar-refractivity contribution in [2.24, 2.45) is 0 Å². The molecule has 105 heavy (non-hydrogen) atoms. The summed E-state index contributed by atoms with van der Waals surface area (Å²) in [5.74, 6) is 0. The first-order valence-corrected chi connectivity index (χ1v) is 37.8. The second-order valence-electron chi connectivity index (χ2n) is 26.8. The van der Waals surface area contributed by atoms with Crippen molar-refractivity contribution in [3.8, 4) is 50.4 Å². The van der Waals surface area contributed by atoms with E-state index in [0.29, 0.717) is 0 Å². The van der Waals surface area contributed by atoms with Gasteiger partial charge in [-0.1, -0.05) is 224 Å². The van der Waals surface area contributed by atoms with Crippen molar-refractivity contribution in [3.63, 3.8) is 0 Å². The van der Waals surface area contributed by atoms with E-state index >= 15 is 0 Å². The van der Waals surface area contributed by atoms with Crippen LogP contribution in [-0.4, -0.2) is 13.7 Å². The first-order valence-electron chi connectivity index (χ1n) is 35.4. The first-order chi connectivity index (χ1) is 52.1. The van der Waals surface area contributed by atoms with E-state index < -0.39 is 0 Å². The van der Waals surface area contributed by atoms with E-state index in [4.69, 9.17) is 13.3 Å². The molecule has 0 aliphatic rings. The molecule has 9 aromatic heterocycles. The number of hydrogen-bond acceptors (Lipinski definition) is 6. The van der Waals surface area contributed by atoms with Crippen molar-refractivity contribution in [1.29, 1.82) is 0 Å². The molecule has 24 rings (SSSR count). The maximum Gasteiger partial charge on any atom is 0.136 e. The number of furan rings is 3. The lowest BCUT2D eigenvalue weighted by molar-refractivity contribution is 0.668. The molecule has 0 unspecified atom stereocenters. The minimum Gasteiger partial charge on any atom is -0.456 e. The van der Waals surface area contributed by atoms with Gasteiger partial charge in [-0.2, -0.15) is 0 Å². The van der Waals surface area contributed by atoms with Crippen LogP contribution in [0, 0.1) is 0 Å². The molecule has 0 atom stereocenters. The Hall–Kier alpha value is -13.0. The van der Waals surface area contributed by atoms with Gasteiger partial charge in [-0.15, -0.1) is 34.0 Å². The normalized spacial score (nSPS) is 12.0. The Morgan fingerprint density at radius 2 is 0.524 bits per heavy atom. The van der Waals surface area contributed by atoms with Crippen LogP contribution in [0.5, 0.6) is 0 Å². The van der Waals surface area contributed by atoms with Crippen molar-refractivity contribution < 1.29 is 13.3 Å². The van der Waals surface area contributed by atoms with Crippen LogP contribution in [0.25, 0.3) is 210 Å². The lowest BCUT2D eigenvalue weighted by Gasteiger charge is -2.11. The Morgan fingerprint density at radius 1 is 0.200 bits per heavy atom. The standard InChI is InChI=1S/3C32H19NOS/c1-2-10-20(11-3-1)33-25-16-6-4-12-23(25)32-31(33)30-22(15-9-19-28(30)35-32)21-14-8-18-27-29(21)24-13-5-7-17-26(24)34-27;1-2-9-21(10-3-1)33-26-14-6-4-12-25(26)32-31(33)30-22(13-8-16-29(30)35-32)20-17-18-24-23-11-5-7-15-27(23)34-28(24)19-20;1-2-9-21(10-3-1)33-26-14-6-4-12-24(26)32-31(33)30-22(13-8-16-29(30)35-32)20-17-18-28-25(19-20)23-11-5-7-15-27(23)34-28/h3*1-19H. The Labute approximate surface area is 612 Å². The molecule has 0 spiro atoms. The highest BCUT2D eigenvalue weighted by Gasteiger charge is 2.26. The number of para-hydroxylation sites is 9. The van der Waals surface area contributed by atoms with Crippen molar-refractivity contribution in [3.05, 3.63) is 346 Å². The summed E-state index contributed by atoms with van der Waals surface area (Å²) in [6, 6.07) is 123. The molecule has 0 saturated heterocycles. The summed E-state index contributed by atoms with van der Waals surface area (Å²) < 4.78 is 33.8. The van der Waals surface area contributed by atoms with Crippen LogP contribution >= 0.6 is 34.0 Å². The molecule has 9 heterocycles. The summed E-state index contributed by atoms with van der Waals surface area (Å²) in [4.78, 5) is 0. The highest BCUT2D eigenvalue weighted by atomic mass is 32.1. The van der Waals surface area contributed by atoms with Crippen LogP contribution in [0.15, 0.2) is 359 Å². The number of fused-ring (bicyclic) bond motifs is 24. The first kappa shape index (κ1) is 59.6. The average molecular weight is 1400 g/mol. The smallest absolute Gasteiger partial charge is 0.136 e. The minimum absolute atomic E-state index is 0.927. The van der Waals surface area contributed by atoms with Gasteiger partial charge in [0.25, 0.3) is 0 Å². The lowest BCUT2D eigenvalue weighted by atomic mass is 9.96. The van der Waals surface area contributed by atoms with Crippen LogP contribution in [0.1, 0.15) is 0 Å². The van der Waals surface area contributed by atoms with Crippen molar-refractivity contribution in [1.82, 2.24) is 13.7 Å². The van der Waals surface area contributed by atoms with E-state index in [0.717, 1.165) is 60.4 Å². The van der Waals surface area contributed by atoms with Crippen molar-refractivity contribution >= 4 is 193 Å². The molecule has 0 amide bonds. The SMILES string of the molecule is c1ccc(-n2c3ccccc3c3sc4cccc(-c5ccc6c(c5)oc5ccccc56)c4c32)cc1.c1ccc(-n2c3ccccc3c3sc4cccc(-c5ccc6oc7ccccc7c6c5)c4c32)cc1.c1ccc(-n2c3ccccc3c3sc4cccc(-c5cccc6oc7ccccc7c56)c4c32)cc1. The van der Waals surface area contributed by atoms with Gasteiger partial charge in [-0.05, 0) is 155 Å². The monoisotopic (exact) mass is 1400 g/mol. The van der Waals surface area contributed by atoms with Gasteiger partial charge in [0.2, 0.25) is 0 Å². The molecule has 0 radical (unpaired) electrons. The summed E-state index contributed by atoms with van der Waals surface area (Å²) in [6.45, 7) is 0. The van der Waals surface area contributed by atoms with Crippen LogP contribution < -0.4 is 0 Å². The molecule has 0 saturated carbocycles. The molecule has 492 valence electrons. The van der Waals surface area contributed by atoms with Gasteiger partial charge in [0.15, 0.2) is 0 Å². The van der Waals surface area contributed by atoms with E-state index in [1.54, 1.807) is 0 Å². The molecule has 9 heteroatoms. The predicted octanol–water partition coefficient (Wildman–Crippen LogP) is 28.7. The van der Waals surface area contributed by atoms with Gasteiger partial charge in [0.1, 0.15) is 33.5 Å². The molecule has 24 aromatic rings. The Morgan fingerprint density at radius 3 is 1.02 bits per heavy atom. The van der Waals surface area contributed by atoms with Gasteiger partial charge < -0.3 is 27.0 Å². The molecular weight excluding hydrogens is 1340 g/mol. The van der Waals surface area contributed by atoms with Crippen LogP contribution in [-0.2, 0) is 0 Å². The second-order valence-corrected chi connectivity index (χ2v) is 30.0. The highest BCUT2D eigenvalue weighted by molar-refractivity contribution is 7.27. The third-order valence-electron chi connectivity index (χ3n) is 21.0. The fourth-order valence-corrected chi connectivity index (χ4v) is 20.3. The topological polar surface area (TPSA) is 54.2 Å². The van der Waals surface area contributed by atoms with E-state index in [9.17, 15) is 0 Å². The Kier molecular flexibility index (Phi) is 13.5. The average Bonchev–Trinajstić information content (AvgIpc) is 1.56. The Bertz CT molecular complexity index is 7600. The molecule has 0 aliphatic carbocycles. The lowest BCUT2D eigenvalue weighted by Crippen LogP contribution is -1.93. The van der Waals surface area contributed by atoms with Crippen molar-refractivity contribution in [2.45, 2.75) is 0 Å². The number of thiophene rings is 3. The number of nitrogens with zero attached hydrogens (tertiary/aromatic N) is 3. The predicted molar refractivity (Wildman–Crippen MR) is 447 cm³/mol. The molecular formula is C96H57N3O3S3. The van der Waals surface area contributed by atoms with Crippen LogP contribution in [0.3, 0.4) is 0 Å². The maximum absolute atomic E-state index is 6.23. The molecule has 6 nitrogen and oxygen atoms in total.